The Balaban J connectivity index is 2.23. The quantitative estimate of drug-likeness (QED) is 0.793. The Morgan fingerprint density at radius 2 is 1.89 bits per heavy atom. The Morgan fingerprint density at radius 1 is 1.16 bits per heavy atom. The number of aryl methyl sites for hydroxylation is 1. The van der Waals surface area contributed by atoms with Gasteiger partial charge in [-0.25, -0.2) is 15.8 Å². The van der Waals surface area contributed by atoms with Crippen molar-refractivity contribution in [3.8, 4) is 0 Å². The number of hydrogen-bond donors (Lipinski definition) is 1. The van der Waals surface area contributed by atoms with Gasteiger partial charge in [0.05, 0.1) is 6.20 Å². The molecule has 5 nitrogen and oxygen atoms in total. The average Bonchev–Trinajstić information content (AvgIpc) is 2.59. The molecule has 19 heavy (non-hydrogen) atoms. The molecule has 2 N–H and O–H groups in total. The van der Waals surface area contributed by atoms with Crippen LogP contribution in [0.25, 0.3) is 0 Å². The van der Waals surface area contributed by atoms with Gasteiger partial charge in [-0.1, -0.05) is 18.2 Å². The van der Waals surface area contributed by atoms with Gasteiger partial charge in [0.2, 0.25) is 0 Å². The molecular formula is C14H17N5. The second kappa shape index (κ2) is 3.93. The van der Waals surface area contributed by atoms with Crippen LogP contribution in [-0.2, 0) is 0 Å². The number of benzene rings is 1. The number of fused-ring (bicyclic) bond motifs is 1. The monoisotopic (exact) mass is 255 g/mol. The summed E-state index contributed by atoms with van der Waals surface area (Å²) in [6.07, 6.45) is 3.31. The second-order valence-electron chi connectivity index (χ2n) is 5.22. The van der Waals surface area contributed by atoms with Crippen LogP contribution in [0.15, 0.2) is 36.8 Å². The Bertz CT molecular complexity index is 623. The molecule has 0 unspecified atom stereocenters. The van der Waals surface area contributed by atoms with Gasteiger partial charge in [0.1, 0.15) is 17.7 Å². The maximum absolute atomic E-state index is 6.21. The molecule has 5 heteroatoms. The predicted octanol–water partition coefficient (Wildman–Crippen LogP) is 2.35. The molecule has 0 saturated heterocycles. The summed E-state index contributed by atoms with van der Waals surface area (Å²) in [6, 6.07) is 8.23. The average molecular weight is 255 g/mol. The summed E-state index contributed by atoms with van der Waals surface area (Å²) in [5.74, 6) is 7.06. The summed E-state index contributed by atoms with van der Waals surface area (Å²) < 4.78 is 0. The van der Waals surface area contributed by atoms with Crippen LogP contribution in [0.1, 0.15) is 19.4 Å². The zero-order chi connectivity index (χ0) is 13.6. The van der Waals surface area contributed by atoms with E-state index in [1.165, 1.54) is 5.56 Å². The van der Waals surface area contributed by atoms with Crippen LogP contribution in [0.3, 0.4) is 0 Å². The molecule has 0 radical (unpaired) electrons. The number of rotatable bonds is 1. The van der Waals surface area contributed by atoms with Crippen LogP contribution in [0.5, 0.6) is 0 Å². The smallest absolute Gasteiger partial charge is 0.163 e. The molecule has 1 aromatic heterocycles. The van der Waals surface area contributed by atoms with Gasteiger partial charge in [-0.15, -0.1) is 0 Å². The molecule has 1 aliphatic rings. The number of hydrazine groups is 1. The molecular weight excluding hydrogens is 238 g/mol. The number of nitrogens with two attached hydrogens (primary N) is 1. The van der Waals surface area contributed by atoms with Crippen molar-refractivity contribution in [2.75, 3.05) is 9.91 Å². The van der Waals surface area contributed by atoms with Gasteiger partial charge in [0.25, 0.3) is 0 Å². The van der Waals surface area contributed by atoms with E-state index in [9.17, 15) is 0 Å². The van der Waals surface area contributed by atoms with Gasteiger partial charge in [0.15, 0.2) is 5.82 Å². The molecule has 0 bridgehead atoms. The van der Waals surface area contributed by atoms with E-state index in [4.69, 9.17) is 5.84 Å². The standard InChI is InChI=1S/C14H17N5/c1-10-6-4-5-7-11(10)18-13-12(8-16-9-17-13)19(15)14(18,2)3/h4-9H,15H2,1-3H3. The first kappa shape index (κ1) is 11.9. The SMILES string of the molecule is Cc1ccccc1N1c2ncncc2N(N)C1(C)C. The second-order valence-corrected chi connectivity index (χ2v) is 5.22. The minimum atomic E-state index is -0.384. The van der Waals surface area contributed by atoms with Crippen molar-refractivity contribution in [2.45, 2.75) is 26.4 Å². The predicted molar refractivity (Wildman–Crippen MR) is 76.1 cm³/mol. The Kier molecular flexibility index (Phi) is 2.46. The van der Waals surface area contributed by atoms with E-state index in [0.29, 0.717) is 0 Å². The molecule has 3 rings (SSSR count). The van der Waals surface area contributed by atoms with Crippen LogP contribution in [-0.4, -0.2) is 15.6 Å². The molecule has 0 spiro atoms. The molecule has 1 aliphatic heterocycles. The van der Waals surface area contributed by atoms with Crippen molar-refractivity contribution in [3.63, 3.8) is 0 Å². The zero-order valence-corrected chi connectivity index (χ0v) is 11.3. The third-order valence-electron chi connectivity index (χ3n) is 3.64. The van der Waals surface area contributed by atoms with Gasteiger partial charge in [0, 0.05) is 5.69 Å². The van der Waals surface area contributed by atoms with E-state index < -0.39 is 0 Å². The number of aromatic nitrogens is 2. The third kappa shape index (κ3) is 1.58. The van der Waals surface area contributed by atoms with Gasteiger partial charge >= 0.3 is 0 Å². The van der Waals surface area contributed by atoms with Crippen LogP contribution in [0.4, 0.5) is 17.2 Å². The van der Waals surface area contributed by atoms with Gasteiger partial charge in [-0.2, -0.15) is 0 Å². The highest BCUT2D eigenvalue weighted by Gasteiger charge is 2.43. The van der Waals surface area contributed by atoms with Crippen molar-refractivity contribution < 1.29 is 0 Å². The van der Waals surface area contributed by atoms with Crippen molar-refractivity contribution in [1.29, 1.82) is 0 Å². The lowest BCUT2D eigenvalue weighted by molar-refractivity contribution is 0.498. The van der Waals surface area contributed by atoms with E-state index in [2.05, 4.69) is 47.8 Å². The Hall–Kier alpha value is -2.14. The highest BCUT2D eigenvalue weighted by atomic mass is 15.6. The van der Waals surface area contributed by atoms with Crippen molar-refractivity contribution in [2.24, 2.45) is 5.84 Å². The van der Waals surface area contributed by atoms with E-state index >= 15 is 0 Å². The van der Waals surface area contributed by atoms with Crippen LogP contribution in [0.2, 0.25) is 0 Å². The molecule has 0 saturated carbocycles. The maximum Gasteiger partial charge on any atom is 0.163 e. The molecule has 2 heterocycles. The highest BCUT2D eigenvalue weighted by molar-refractivity contribution is 5.82. The lowest BCUT2D eigenvalue weighted by atomic mass is 10.1. The topological polar surface area (TPSA) is 58.3 Å². The van der Waals surface area contributed by atoms with Gasteiger partial charge in [-0.05, 0) is 32.4 Å². The lowest BCUT2D eigenvalue weighted by Gasteiger charge is -2.37. The molecule has 0 aliphatic carbocycles. The minimum Gasteiger partial charge on any atom is -0.300 e. The normalized spacial score (nSPS) is 16.6. The minimum absolute atomic E-state index is 0.384. The summed E-state index contributed by atoms with van der Waals surface area (Å²) in [5, 5.41) is 1.72. The number of anilines is 3. The first-order valence-electron chi connectivity index (χ1n) is 6.24. The summed E-state index contributed by atoms with van der Waals surface area (Å²) >= 11 is 0. The summed E-state index contributed by atoms with van der Waals surface area (Å²) in [6.45, 7) is 6.23. The number of hydrogen-bond acceptors (Lipinski definition) is 5. The van der Waals surface area contributed by atoms with E-state index in [0.717, 1.165) is 17.2 Å². The molecule has 98 valence electrons. The first-order chi connectivity index (χ1) is 9.03. The maximum atomic E-state index is 6.21. The van der Waals surface area contributed by atoms with Crippen LogP contribution in [0, 0.1) is 6.92 Å². The summed E-state index contributed by atoms with van der Waals surface area (Å²) in [5.41, 5.74) is 2.76. The van der Waals surface area contributed by atoms with Gasteiger partial charge in [-0.3, -0.25) is 9.91 Å². The highest BCUT2D eigenvalue weighted by Crippen LogP contribution is 2.46. The molecule has 0 amide bonds. The van der Waals surface area contributed by atoms with Crippen LogP contribution < -0.4 is 15.8 Å². The number of nitrogens with zero attached hydrogens (tertiary/aromatic N) is 4. The van der Waals surface area contributed by atoms with Crippen LogP contribution >= 0.6 is 0 Å². The largest absolute Gasteiger partial charge is 0.300 e. The third-order valence-corrected chi connectivity index (χ3v) is 3.64. The van der Waals surface area contributed by atoms with Crippen molar-refractivity contribution in [1.82, 2.24) is 9.97 Å². The lowest BCUT2D eigenvalue weighted by Crippen LogP contribution is -2.54. The molecule has 1 aromatic carbocycles. The summed E-state index contributed by atoms with van der Waals surface area (Å²) in [4.78, 5) is 10.6. The van der Waals surface area contributed by atoms with E-state index in [1.807, 2.05) is 12.1 Å². The van der Waals surface area contributed by atoms with E-state index in [-0.39, 0.29) is 5.66 Å². The Morgan fingerprint density at radius 3 is 2.63 bits per heavy atom. The first-order valence-corrected chi connectivity index (χ1v) is 6.24. The zero-order valence-electron chi connectivity index (χ0n) is 11.3. The van der Waals surface area contributed by atoms with Crippen molar-refractivity contribution in [3.05, 3.63) is 42.4 Å². The van der Waals surface area contributed by atoms with Crippen molar-refractivity contribution >= 4 is 17.2 Å². The Labute approximate surface area is 112 Å². The fraction of sp³-hybridized carbons (Fsp3) is 0.286. The molecule has 0 atom stereocenters. The number of para-hydroxylation sites is 1. The van der Waals surface area contributed by atoms with E-state index in [1.54, 1.807) is 17.5 Å². The van der Waals surface area contributed by atoms with Gasteiger partial charge < -0.3 is 0 Å². The molecule has 0 fully saturated rings. The summed E-state index contributed by atoms with van der Waals surface area (Å²) in [7, 11) is 0. The molecule has 2 aromatic rings. The fourth-order valence-electron chi connectivity index (χ4n) is 2.54. The fourth-order valence-corrected chi connectivity index (χ4v) is 2.54.